The van der Waals surface area contributed by atoms with Crippen molar-refractivity contribution in [2.45, 2.75) is 19.8 Å². The lowest BCUT2D eigenvalue weighted by molar-refractivity contribution is -0.122. The van der Waals surface area contributed by atoms with Gasteiger partial charge in [0.05, 0.1) is 5.92 Å². The lowest BCUT2D eigenvalue weighted by atomic mass is 9.98. The summed E-state index contributed by atoms with van der Waals surface area (Å²) in [5.41, 5.74) is 7.53. The van der Waals surface area contributed by atoms with Crippen molar-refractivity contribution >= 4 is 28.9 Å². The first-order valence-corrected chi connectivity index (χ1v) is 6.89. The molecular weight excluding hydrogens is 258 g/mol. The molecular formula is C14H19N3OS. The zero-order valence-corrected chi connectivity index (χ0v) is 11.9. The molecule has 1 heterocycles. The quantitative estimate of drug-likeness (QED) is 0.811. The molecule has 4 nitrogen and oxygen atoms in total. The topological polar surface area (TPSA) is 58.4 Å². The Morgan fingerprint density at radius 3 is 3.00 bits per heavy atom. The van der Waals surface area contributed by atoms with Crippen molar-refractivity contribution in [3.8, 4) is 0 Å². The minimum absolute atomic E-state index is 0.0917. The van der Waals surface area contributed by atoms with Gasteiger partial charge < -0.3 is 16.0 Å². The molecule has 0 saturated carbocycles. The first kappa shape index (κ1) is 13.8. The fourth-order valence-electron chi connectivity index (χ4n) is 2.32. The van der Waals surface area contributed by atoms with Crippen LogP contribution in [0.15, 0.2) is 24.3 Å². The second kappa shape index (κ2) is 6.02. The number of anilines is 1. The Bertz CT molecular complexity index is 489. The van der Waals surface area contributed by atoms with Crippen molar-refractivity contribution in [2.24, 2.45) is 11.7 Å². The standard InChI is InChI=1S/C14H19N3OS/c1-10-4-2-6-12(8-10)16-14(19)17-7-3-5-11(9-17)13(15)18/h2,4,6,8,11H,3,5,7,9H2,1H3,(H2,15,18)(H,16,19)/t11-/m1/s1. The van der Waals surface area contributed by atoms with Gasteiger partial charge in [-0.1, -0.05) is 12.1 Å². The SMILES string of the molecule is Cc1cccc(NC(=S)N2CCC[C@@H](C(N)=O)C2)c1. The van der Waals surface area contributed by atoms with Crippen LogP contribution >= 0.6 is 12.2 Å². The largest absolute Gasteiger partial charge is 0.369 e. The molecule has 19 heavy (non-hydrogen) atoms. The minimum atomic E-state index is -0.233. The summed E-state index contributed by atoms with van der Waals surface area (Å²) in [5.74, 6) is -0.325. The number of likely N-dealkylation sites (tertiary alicyclic amines) is 1. The summed E-state index contributed by atoms with van der Waals surface area (Å²) in [7, 11) is 0. The van der Waals surface area contributed by atoms with Gasteiger partial charge in [0.15, 0.2) is 5.11 Å². The third kappa shape index (κ3) is 3.67. The highest BCUT2D eigenvalue weighted by atomic mass is 32.1. The summed E-state index contributed by atoms with van der Waals surface area (Å²) in [6.07, 6.45) is 1.81. The van der Waals surface area contributed by atoms with Crippen LogP contribution in [-0.4, -0.2) is 29.0 Å². The first-order chi connectivity index (χ1) is 9.06. The van der Waals surface area contributed by atoms with Crippen LogP contribution in [0.3, 0.4) is 0 Å². The number of nitrogens with one attached hydrogen (secondary N) is 1. The van der Waals surface area contributed by atoms with Gasteiger partial charge in [0.1, 0.15) is 0 Å². The van der Waals surface area contributed by atoms with E-state index in [-0.39, 0.29) is 11.8 Å². The Morgan fingerprint density at radius 1 is 1.53 bits per heavy atom. The number of nitrogens with zero attached hydrogens (tertiary/aromatic N) is 1. The summed E-state index contributed by atoms with van der Waals surface area (Å²) < 4.78 is 0. The minimum Gasteiger partial charge on any atom is -0.369 e. The molecule has 1 atom stereocenters. The number of carbonyl (C=O) groups is 1. The molecule has 2 rings (SSSR count). The second-order valence-electron chi connectivity index (χ2n) is 4.99. The van der Waals surface area contributed by atoms with Crippen LogP contribution < -0.4 is 11.1 Å². The third-order valence-corrected chi connectivity index (χ3v) is 3.74. The Labute approximate surface area is 119 Å². The van der Waals surface area contributed by atoms with Crippen LogP contribution in [0, 0.1) is 12.8 Å². The number of rotatable bonds is 2. The smallest absolute Gasteiger partial charge is 0.222 e. The molecule has 1 amide bonds. The zero-order valence-electron chi connectivity index (χ0n) is 11.1. The maximum absolute atomic E-state index is 11.3. The molecule has 0 aliphatic carbocycles. The third-order valence-electron chi connectivity index (χ3n) is 3.38. The van der Waals surface area contributed by atoms with E-state index in [0.29, 0.717) is 11.7 Å². The van der Waals surface area contributed by atoms with E-state index in [0.717, 1.165) is 25.1 Å². The van der Waals surface area contributed by atoms with Crippen molar-refractivity contribution in [2.75, 3.05) is 18.4 Å². The van der Waals surface area contributed by atoms with Crippen molar-refractivity contribution in [1.82, 2.24) is 4.90 Å². The average molecular weight is 277 g/mol. The number of thiocarbonyl (C=S) groups is 1. The van der Waals surface area contributed by atoms with E-state index in [1.807, 2.05) is 36.1 Å². The van der Waals surface area contributed by atoms with Crippen LogP contribution in [0.1, 0.15) is 18.4 Å². The number of piperidine rings is 1. The van der Waals surface area contributed by atoms with E-state index in [2.05, 4.69) is 5.32 Å². The van der Waals surface area contributed by atoms with Crippen LogP contribution in [-0.2, 0) is 4.79 Å². The van der Waals surface area contributed by atoms with Crippen molar-refractivity contribution in [3.05, 3.63) is 29.8 Å². The Hall–Kier alpha value is -1.62. The number of aryl methyl sites for hydroxylation is 1. The molecule has 1 aromatic carbocycles. The molecule has 1 fully saturated rings. The highest BCUT2D eigenvalue weighted by Gasteiger charge is 2.25. The van der Waals surface area contributed by atoms with Gasteiger partial charge in [-0.15, -0.1) is 0 Å². The molecule has 0 radical (unpaired) electrons. The molecule has 1 aromatic rings. The van der Waals surface area contributed by atoms with Crippen LogP contribution in [0.2, 0.25) is 0 Å². The molecule has 1 saturated heterocycles. The number of amides is 1. The highest BCUT2D eigenvalue weighted by molar-refractivity contribution is 7.80. The van der Waals surface area contributed by atoms with E-state index < -0.39 is 0 Å². The van der Waals surface area contributed by atoms with Crippen LogP contribution in [0.5, 0.6) is 0 Å². The number of nitrogens with two attached hydrogens (primary N) is 1. The fraction of sp³-hybridized carbons (Fsp3) is 0.429. The second-order valence-corrected chi connectivity index (χ2v) is 5.37. The Balaban J connectivity index is 1.98. The first-order valence-electron chi connectivity index (χ1n) is 6.48. The molecule has 1 aliphatic heterocycles. The van der Waals surface area contributed by atoms with Crippen molar-refractivity contribution < 1.29 is 4.79 Å². The van der Waals surface area contributed by atoms with Crippen LogP contribution in [0.25, 0.3) is 0 Å². The highest BCUT2D eigenvalue weighted by Crippen LogP contribution is 2.18. The Kier molecular flexibility index (Phi) is 4.37. The summed E-state index contributed by atoms with van der Waals surface area (Å²) in [6, 6.07) is 8.05. The number of hydrogen-bond donors (Lipinski definition) is 2. The van der Waals surface area contributed by atoms with Gasteiger partial charge in [0.25, 0.3) is 0 Å². The molecule has 5 heteroatoms. The Morgan fingerprint density at radius 2 is 2.32 bits per heavy atom. The average Bonchev–Trinajstić information content (AvgIpc) is 2.39. The summed E-state index contributed by atoms with van der Waals surface area (Å²) in [4.78, 5) is 13.3. The van der Waals surface area contributed by atoms with Gasteiger partial charge >= 0.3 is 0 Å². The van der Waals surface area contributed by atoms with E-state index >= 15 is 0 Å². The summed E-state index contributed by atoms with van der Waals surface area (Å²) in [6.45, 7) is 3.53. The number of hydrogen-bond acceptors (Lipinski definition) is 2. The van der Waals surface area contributed by atoms with Gasteiger partial charge in [-0.25, -0.2) is 0 Å². The predicted molar refractivity (Wildman–Crippen MR) is 80.9 cm³/mol. The molecule has 1 aliphatic rings. The molecule has 102 valence electrons. The van der Waals surface area contributed by atoms with Gasteiger partial charge in [-0.2, -0.15) is 0 Å². The maximum Gasteiger partial charge on any atom is 0.222 e. The summed E-state index contributed by atoms with van der Waals surface area (Å²) >= 11 is 5.40. The lowest BCUT2D eigenvalue weighted by Crippen LogP contribution is -2.45. The predicted octanol–water partition coefficient (Wildman–Crippen LogP) is 1.89. The van der Waals surface area contributed by atoms with E-state index in [1.165, 1.54) is 5.56 Å². The maximum atomic E-state index is 11.3. The van der Waals surface area contributed by atoms with E-state index in [1.54, 1.807) is 0 Å². The molecule has 3 N–H and O–H groups in total. The monoisotopic (exact) mass is 277 g/mol. The fourth-order valence-corrected chi connectivity index (χ4v) is 2.60. The molecule has 0 spiro atoms. The van der Waals surface area contributed by atoms with E-state index in [4.69, 9.17) is 18.0 Å². The van der Waals surface area contributed by atoms with Gasteiger partial charge in [-0.05, 0) is 49.7 Å². The van der Waals surface area contributed by atoms with Gasteiger partial charge in [-0.3, -0.25) is 4.79 Å². The number of primary amides is 1. The molecule has 0 bridgehead atoms. The van der Waals surface area contributed by atoms with Crippen molar-refractivity contribution in [1.29, 1.82) is 0 Å². The zero-order chi connectivity index (χ0) is 13.8. The van der Waals surface area contributed by atoms with Gasteiger partial charge in [0.2, 0.25) is 5.91 Å². The number of benzene rings is 1. The molecule has 0 unspecified atom stereocenters. The van der Waals surface area contributed by atoms with Crippen molar-refractivity contribution in [3.63, 3.8) is 0 Å². The molecule has 0 aromatic heterocycles. The normalized spacial score (nSPS) is 19.0. The lowest BCUT2D eigenvalue weighted by Gasteiger charge is -2.33. The summed E-state index contributed by atoms with van der Waals surface area (Å²) in [5, 5.41) is 3.88. The number of carbonyl (C=O) groups excluding carboxylic acids is 1. The van der Waals surface area contributed by atoms with Crippen LogP contribution in [0.4, 0.5) is 5.69 Å². The van der Waals surface area contributed by atoms with E-state index in [9.17, 15) is 4.79 Å². The van der Waals surface area contributed by atoms with Gasteiger partial charge in [0, 0.05) is 18.8 Å².